The molecule has 8 nitrogen and oxygen atoms in total. The van der Waals surface area contributed by atoms with Gasteiger partial charge in [0.25, 0.3) is 11.7 Å². The van der Waals surface area contributed by atoms with Crippen LogP contribution in [0.5, 0.6) is 17.2 Å². The van der Waals surface area contributed by atoms with E-state index < -0.39 is 17.7 Å². The lowest BCUT2D eigenvalue weighted by Crippen LogP contribution is -2.29. The molecule has 0 bridgehead atoms. The van der Waals surface area contributed by atoms with Crippen molar-refractivity contribution in [1.29, 1.82) is 0 Å². The number of carbonyl (C=O) groups is 2. The number of ketones is 1. The molecule has 4 rings (SSSR count). The van der Waals surface area contributed by atoms with E-state index in [4.69, 9.17) is 18.6 Å². The lowest BCUT2D eigenvalue weighted by atomic mass is 9.95. The van der Waals surface area contributed by atoms with Crippen molar-refractivity contribution in [2.45, 2.75) is 19.5 Å². The summed E-state index contributed by atoms with van der Waals surface area (Å²) in [5.41, 5.74) is 0.922. The van der Waals surface area contributed by atoms with Crippen LogP contribution in [0.3, 0.4) is 0 Å². The first-order valence-corrected chi connectivity index (χ1v) is 11.4. The Morgan fingerprint density at radius 1 is 1.11 bits per heavy atom. The highest BCUT2D eigenvalue weighted by Gasteiger charge is 2.46. The number of furan rings is 1. The maximum Gasteiger partial charge on any atom is 0.296 e. The Morgan fingerprint density at radius 2 is 1.89 bits per heavy atom. The van der Waals surface area contributed by atoms with Crippen LogP contribution in [0.15, 0.2) is 83.5 Å². The molecule has 3 aromatic rings. The zero-order chi connectivity index (χ0) is 25.7. The zero-order valence-corrected chi connectivity index (χ0v) is 20.1. The van der Waals surface area contributed by atoms with Gasteiger partial charge in [0.1, 0.15) is 23.9 Å². The molecule has 1 amide bonds. The summed E-state index contributed by atoms with van der Waals surface area (Å²) in [4.78, 5) is 27.8. The highest BCUT2D eigenvalue weighted by Crippen LogP contribution is 2.42. The van der Waals surface area contributed by atoms with E-state index in [0.29, 0.717) is 40.7 Å². The summed E-state index contributed by atoms with van der Waals surface area (Å²) in [6, 6.07) is 14.3. The number of Topliss-reactive ketones (excluding diaryl/α,β-unsaturated/α-hetero) is 1. The van der Waals surface area contributed by atoms with Crippen LogP contribution in [0.1, 0.15) is 29.9 Å². The minimum Gasteiger partial charge on any atom is -0.507 e. The van der Waals surface area contributed by atoms with Crippen LogP contribution < -0.4 is 14.2 Å². The predicted octanol–water partition coefficient (Wildman–Crippen LogP) is 4.87. The first kappa shape index (κ1) is 24.7. The van der Waals surface area contributed by atoms with Gasteiger partial charge in [0.05, 0.1) is 38.1 Å². The van der Waals surface area contributed by atoms with E-state index in [9.17, 15) is 14.7 Å². The molecule has 8 heteroatoms. The van der Waals surface area contributed by atoms with E-state index in [2.05, 4.69) is 6.58 Å². The highest BCUT2D eigenvalue weighted by molar-refractivity contribution is 6.46. The van der Waals surface area contributed by atoms with Crippen LogP contribution in [0.2, 0.25) is 0 Å². The van der Waals surface area contributed by atoms with E-state index in [1.807, 2.05) is 6.92 Å². The molecule has 1 aliphatic heterocycles. The van der Waals surface area contributed by atoms with Gasteiger partial charge < -0.3 is 28.6 Å². The Kier molecular flexibility index (Phi) is 7.44. The second kappa shape index (κ2) is 10.9. The Labute approximate surface area is 209 Å². The number of amides is 1. The summed E-state index contributed by atoms with van der Waals surface area (Å²) < 4.78 is 22.0. The molecule has 1 N–H and O–H groups in total. The van der Waals surface area contributed by atoms with Crippen molar-refractivity contribution < 1.29 is 33.3 Å². The van der Waals surface area contributed by atoms with Gasteiger partial charge in [-0.05, 0) is 61.0 Å². The molecule has 0 spiro atoms. The maximum absolute atomic E-state index is 13.2. The Hall–Kier alpha value is -4.46. The molecule has 2 aromatic carbocycles. The Balaban J connectivity index is 1.83. The monoisotopic (exact) mass is 489 g/mol. The van der Waals surface area contributed by atoms with Gasteiger partial charge in [-0.1, -0.05) is 18.7 Å². The summed E-state index contributed by atoms with van der Waals surface area (Å²) in [5.74, 6) is 0.215. The van der Waals surface area contributed by atoms with Gasteiger partial charge in [0, 0.05) is 5.56 Å². The van der Waals surface area contributed by atoms with Crippen LogP contribution >= 0.6 is 0 Å². The van der Waals surface area contributed by atoms with Gasteiger partial charge in [0.15, 0.2) is 11.5 Å². The number of nitrogens with zero attached hydrogens (tertiary/aromatic N) is 1. The minimum atomic E-state index is -0.885. The first-order chi connectivity index (χ1) is 17.5. The molecule has 0 saturated carbocycles. The average Bonchev–Trinajstić information content (AvgIpc) is 3.50. The third kappa shape index (κ3) is 4.84. The molecule has 186 valence electrons. The number of likely N-dealkylation sites (tertiary alicyclic amines) is 1. The van der Waals surface area contributed by atoms with Gasteiger partial charge >= 0.3 is 0 Å². The zero-order valence-electron chi connectivity index (χ0n) is 20.1. The number of aliphatic hydroxyl groups excluding tert-OH is 1. The number of aliphatic hydroxyl groups is 1. The number of hydrogen-bond donors (Lipinski definition) is 1. The number of methoxy groups -OCH3 is 1. The predicted molar refractivity (Wildman–Crippen MR) is 133 cm³/mol. The van der Waals surface area contributed by atoms with Crippen LogP contribution in [-0.4, -0.2) is 42.0 Å². The van der Waals surface area contributed by atoms with Gasteiger partial charge in [-0.3, -0.25) is 9.59 Å². The van der Waals surface area contributed by atoms with Gasteiger partial charge in [-0.15, -0.1) is 0 Å². The van der Waals surface area contributed by atoms with Crippen LogP contribution in [0, 0.1) is 0 Å². The second-order valence-electron chi connectivity index (χ2n) is 7.97. The Morgan fingerprint density at radius 3 is 2.53 bits per heavy atom. The van der Waals surface area contributed by atoms with E-state index in [1.165, 1.54) is 18.3 Å². The van der Waals surface area contributed by atoms with Crippen molar-refractivity contribution in [2.75, 3.05) is 20.3 Å². The first-order valence-electron chi connectivity index (χ1n) is 11.4. The van der Waals surface area contributed by atoms with Crippen molar-refractivity contribution in [2.24, 2.45) is 0 Å². The number of hydrogen-bond acceptors (Lipinski definition) is 7. The van der Waals surface area contributed by atoms with E-state index in [0.717, 1.165) is 0 Å². The number of carbonyl (C=O) groups excluding carboxylic acids is 2. The second-order valence-corrected chi connectivity index (χ2v) is 7.97. The smallest absolute Gasteiger partial charge is 0.296 e. The molecule has 1 fully saturated rings. The van der Waals surface area contributed by atoms with Crippen molar-refractivity contribution in [3.05, 3.63) is 96.0 Å². The Bertz CT molecular complexity index is 1280. The third-order valence-corrected chi connectivity index (χ3v) is 5.75. The molecule has 36 heavy (non-hydrogen) atoms. The fourth-order valence-corrected chi connectivity index (χ4v) is 4.11. The molecule has 1 saturated heterocycles. The standard InChI is InChI=1S/C28H27NO7/c1-4-14-36-22-13-10-19(16-23(22)33-3)25-24(26(30)18-8-11-20(12-9-18)34-5-2)27(31)28(32)29(25)17-21-7-6-15-35-21/h4,6-13,15-16,25,30H,1,5,14,17H2,2-3H3. The number of benzene rings is 2. The quantitative estimate of drug-likeness (QED) is 0.188. The molecule has 1 atom stereocenters. The molecule has 2 heterocycles. The summed E-state index contributed by atoms with van der Waals surface area (Å²) in [6.45, 7) is 6.34. The van der Waals surface area contributed by atoms with E-state index in [-0.39, 0.29) is 24.5 Å². The van der Waals surface area contributed by atoms with E-state index in [1.54, 1.807) is 60.7 Å². The van der Waals surface area contributed by atoms with Gasteiger partial charge in [0.2, 0.25) is 0 Å². The van der Waals surface area contributed by atoms with Crippen molar-refractivity contribution in [3.8, 4) is 17.2 Å². The summed E-state index contributed by atoms with van der Waals surface area (Å²) in [5, 5.41) is 11.3. The van der Waals surface area contributed by atoms with Crippen LogP contribution in [0.25, 0.3) is 5.76 Å². The van der Waals surface area contributed by atoms with Gasteiger partial charge in [-0.25, -0.2) is 0 Å². The SMILES string of the molecule is C=CCOc1ccc(C2C(=C(O)c3ccc(OCC)cc3)C(=O)C(=O)N2Cc2ccco2)cc1OC. The maximum atomic E-state index is 13.2. The van der Waals surface area contributed by atoms with E-state index >= 15 is 0 Å². The summed E-state index contributed by atoms with van der Waals surface area (Å²) >= 11 is 0. The average molecular weight is 490 g/mol. The lowest BCUT2D eigenvalue weighted by molar-refractivity contribution is -0.140. The number of ether oxygens (including phenoxy) is 3. The molecule has 1 aromatic heterocycles. The number of rotatable bonds is 10. The van der Waals surface area contributed by atoms with Crippen molar-refractivity contribution in [1.82, 2.24) is 4.90 Å². The topological polar surface area (TPSA) is 98.4 Å². The fraction of sp³-hybridized carbons (Fsp3) is 0.214. The molecule has 0 aliphatic carbocycles. The molecular formula is C28H27NO7. The third-order valence-electron chi connectivity index (χ3n) is 5.75. The molecule has 1 aliphatic rings. The van der Waals surface area contributed by atoms with Crippen molar-refractivity contribution >= 4 is 17.4 Å². The van der Waals surface area contributed by atoms with Crippen molar-refractivity contribution in [3.63, 3.8) is 0 Å². The van der Waals surface area contributed by atoms with Crippen LogP contribution in [0.4, 0.5) is 0 Å². The lowest BCUT2D eigenvalue weighted by Gasteiger charge is -2.25. The summed E-state index contributed by atoms with van der Waals surface area (Å²) in [7, 11) is 1.50. The summed E-state index contributed by atoms with van der Waals surface area (Å²) in [6.07, 6.45) is 3.11. The minimum absolute atomic E-state index is 0.0301. The van der Waals surface area contributed by atoms with Crippen LogP contribution in [-0.2, 0) is 16.1 Å². The normalized spacial score (nSPS) is 16.7. The molecular weight excluding hydrogens is 462 g/mol. The molecule has 1 unspecified atom stereocenters. The highest BCUT2D eigenvalue weighted by atomic mass is 16.5. The van der Waals surface area contributed by atoms with Gasteiger partial charge in [-0.2, -0.15) is 0 Å². The molecule has 0 radical (unpaired) electrons. The fourth-order valence-electron chi connectivity index (χ4n) is 4.11. The largest absolute Gasteiger partial charge is 0.507 e.